The molecule has 0 aliphatic carbocycles. The third-order valence-electron chi connectivity index (χ3n) is 4.73. The van der Waals surface area contributed by atoms with Gasteiger partial charge in [0.15, 0.2) is 12.1 Å². The van der Waals surface area contributed by atoms with Gasteiger partial charge in [0, 0.05) is 0 Å². The molecule has 1 aromatic carbocycles. The molecule has 0 aromatic heterocycles. The van der Waals surface area contributed by atoms with Gasteiger partial charge in [-0.3, -0.25) is 0 Å². The van der Waals surface area contributed by atoms with Gasteiger partial charge in [0.25, 0.3) is 0 Å². The standard InChI is InChI=1S/C18H26O4/c1-5-18(6-2)15(19-12-13-10-8-7-9-11-13)14-16(22-18)21-17(3,4)20-14/h7-11,14-16H,5-6,12H2,1-4H3/t14-,15+,16+/m1/s1. The zero-order chi connectivity index (χ0) is 15.8. The molecule has 3 atom stereocenters. The Morgan fingerprint density at radius 1 is 1.00 bits per heavy atom. The third-order valence-corrected chi connectivity index (χ3v) is 4.73. The molecule has 122 valence electrons. The minimum Gasteiger partial charge on any atom is -0.368 e. The van der Waals surface area contributed by atoms with E-state index in [0.29, 0.717) is 6.61 Å². The van der Waals surface area contributed by atoms with Crippen LogP contribution in [0.2, 0.25) is 0 Å². The van der Waals surface area contributed by atoms with Crippen LogP contribution in [0.15, 0.2) is 30.3 Å². The summed E-state index contributed by atoms with van der Waals surface area (Å²) in [5, 5.41) is 0. The predicted molar refractivity (Wildman–Crippen MR) is 83.2 cm³/mol. The highest BCUT2D eigenvalue weighted by molar-refractivity contribution is 5.14. The monoisotopic (exact) mass is 306 g/mol. The second kappa shape index (κ2) is 5.93. The Hall–Kier alpha value is -0.940. The Bertz CT molecular complexity index is 495. The highest BCUT2D eigenvalue weighted by atomic mass is 16.8. The molecule has 0 spiro atoms. The highest BCUT2D eigenvalue weighted by Gasteiger charge is 2.61. The quantitative estimate of drug-likeness (QED) is 0.832. The number of hydrogen-bond acceptors (Lipinski definition) is 4. The van der Waals surface area contributed by atoms with E-state index in [-0.39, 0.29) is 24.1 Å². The average molecular weight is 306 g/mol. The van der Waals surface area contributed by atoms with Crippen LogP contribution in [0.1, 0.15) is 46.1 Å². The van der Waals surface area contributed by atoms with Crippen molar-refractivity contribution in [3.63, 3.8) is 0 Å². The summed E-state index contributed by atoms with van der Waals surface area (Å²) in [6, 6.07) is 10.2. The van der Waals surface area contributed by atoms with E-state index in [4.69, 9.17) is 18.9 Å². The van der Waals surface area contributed by atoms with Crippen LogP contribution in [-0.4, -0.2) is 29.9 Å². The van der Waals surface area contributed by atoms with Crippen molar-refractivity contribution in [2.45, 2.75) is 77.0 Å². The van der Waals surface area contributed by atoms with Crippen molar-refractivity contribution in [2.75, 3.05) is 0 Å². The smallest absolute Gasteiger partial charge is 0.190 e. The largest absolute Gasteiger partial charge is 0.368 e. The van der Waals surface area contributed by atoms with Gasteiger partial charge in [-0.1, -0.05) is 44.2 Å². The summed E-state index contributed by atoms with van der Waals surface area (Å²) in [4.78, 5) is 0. The van der Waals surface area contributed by atoms with Gasteiger partial charge in [0.2, 0.25) is 0 Å². The van der Waals surface area contributed by atoms with E-state index >= 15 is 0 Å². The molecule has 2 heterocycles. The highest BCUT2D eigenvalue weighted by Crippen LogP contribution is 2.46. The summed E-state index contributed by atoms with van der Waals surface area (Å²) in [6.07, 6.45) is 1.13. The number of fused-ring (bicyclic) bond motifs is 1. The molecule has 2 saturated heterocycles. The minimum absolute atomic E-state index is 0.116. The normalized spacial score (nSPS) is 32.1. The summed E-state index contributed by atoms with van der Waals surface area (Å²) in [5.41, 5.74) is 0.825. The first kappa shape index (κ1) is 15.9. The van der Waals surface area contributed by atoms with Crippen molar-refractivity contribution >= 4 is 0 Å². The Kier molecular flexibility index (Phi) is 4.29. The molecule has 0 bridgehead atoms. The van der Waals surface area contributed by atoms with Crippen LogP contribution in [0.3, 0.4) is 0 Å². The van der Waals surface area contributed by atoms with Crippen LogP contribution >= 0.6 is 0 Å². The summed E-state index contributed by atoms with van der Waals surface area (Å²) >= 11 is 0. The van der Waals surface area contributed by atoms with Crippen LogP contribution < -0.4 is 0 Å². The summed E-state index contributed by atoms with van der Waals surface area (Å²) in [6.45, 7) is 8.66. The first-order valence-corrected chi connectivity index (χ1v) is 8.18. The number of ether oxygens (including phenoxy) is 4. The van der Waals surface area contributed by atoms with Gasteiger partial charge in [-0.25, -0.2) is 0 Å². The molecule has 0 amide bonds. The molecule has 0 unspecified atom stereocenters. The van der Waals surface area contributed by atoms with Crippen LogP contribution in [0.25, 0.3) is 0 Å². The van der Waals surface area contributed by atoms with E-state index in [0.717, 1.165) is 18.4 Å². The Morgan fingerprint density at radius 2 is 1.68 bits per heavy atom. The fraction of sp³-hybridized carbons (Fsp3) is 0.667. The van der Waals surface area contributed by atoms with Gasteiger partial charge in [-0.05, 0) is 32.3 Å². The molecule has 2 aliphatic heterocycles. The molecule has 3 rings (SSSR count). The van der Waals surface area contributed by atoms with Crippen molar-refractivity contribution in [1.82, 2.24) is 0 Å². The van der Waals surface area contributed by atoms with Gasteiger partial charge in [0.1, 0.15) is 12.2 Å². The first-order chi connectivity index (χ1) is 10.5. The van der Waals surface area contributed by atoms with E-state index < -0.39 is 5.79 Å². The van der Waals surface area contributed by atoms with E-state index in [1.807, 2.05) is 32.0 Å². The molecule has 0 N–H and O–H groups in total. The molecule has 0 saturated carbocycles. The SMILES string of the molecule is CCC1(CC)O[C@@H]2OC(C)(C)O[C@@H]2[C@@H]1OCc1ccccc1. The lowest BCUT2D eigenvalue weighted by Crippen LogP contribution is -2.46. The lowest BCUT2D eigenvalue weighted by atomic mass is 9.89. The zero-order valence-corrected chi connectivity index (χ0v) is 13.9. The van der Waals surface area contributed by atoms with Crippen molar-refractivity contribution in [3.05, 3.63) is 35.9 Å². The maximum absolute atomic E-state index is 6.26. The van der Waals surface area contributed by atoms with Crippen molar-refractivity contribution in [1.29, 1.82) is 0 Å². The van der Waals surface area contributed by atoms with Gasteiger partial charge >= 0.3 is 0 Å². The molecule has 0 radical (unpaired) electrons. The van der Waals surface area contributed by atoms with Crippen molar-refractivity contribution < 1.29 is 18.9 Å². The molecule has 2 fully saturated rings. The van der Waals surface area contributed by atoms with Crippen molar-refractivity contribution in [2.24, 2.45) is 0 Å². The maximum atomic E-state index is 6.26. The van der Waals surface area contributed by atoms with E-state index in [2.05, 4.69) is 26.0 Å². The average Bonchev–Trinajstić information content (AvgIpc) is 2.95. The summed E-state index contributed by atoms with van der Waals surface area (Å²) in [5.74, 6) is -0.614. The number of benzene rings is 1. The minimum atomic E-state index is -0.614. The molecule has 2 aliphatic rings. The van der Waals surface area contributed by atoms with E-state index in [1.165, 1.54) is 0 Å². The van der Waals surface area contributed by atoms with Gasteiger partial charge < -0.3 is 18.9 Å². The fourth-order valence-electron chi connectivity index (χ4n) is 3.48. The van der Waals surface area contributed by atoms with Crippen LogP contribution in [0, 0.1) is 0 Å². The van der Waals surface area contributed by atoms with Crippen LogP contribution in [0.5, 0.6) is 0 Å². The van der Waals surface area contributed by atoms with E-state index in [1.54, 1.807) is 0 Å². The van der Waals surface area contributed by atoms with Crippen molar-refractivity contribution in [3.8, 4) is 0 Å². The second-order valence-electron chi connectivity index (χ2n) is 6.58. The summed E-state index contributed by atoms with van der Waals surface area (Å²) < 4.78 is 24.4. The molecular weight excluding hydrogens is 280 g/mol. The van der Waals surface area contributed by atoms with Gasteiger partial charge in [-0.2, -0.15) is 0 Å². The van der Waals surface area contributed by atoms with Crippen LogP contribution in [-0.2, 0) is 25.6 Å². The molecular formula is C18H26O4. The number of rotatable bonds is 5. The summed E-state index contributed by atoms with van der Waals surface area (Å²) in [7, 11) is 0. The predicted octanol–water partition coefficient (Wildman–Crippen LogP) is 3.64. The fourth-order valence-corrected chi connectivity index (χ4v) is 3.48. The van der Waals surface area contributed by atoms with Gasteiger partial charge in [0.05, 0.1) is 12.2 Å². The van der Waals surface area contributed by atoms with E-state index in [9.17, 15) is 0 Å². The lowest BCUT2D eigenvalue weighted by molar-refractivity contribution is -0.246. The van der Waals surface area contributed by atoms with Gasteiger partial charge in [-0.15, -0.1) is 0 Å². The molecule has 4 heteroatoms. The maximum Gasteiger partial charge on any atom is 0.190 e. The topological polar surface area (TPSA) is 36.9 Å². The molecule has 4 nitrogen and oxygen atoms in total. The zero-order valence-electron chi connectivity index (χ0n) is 13.9. The third kappa shape index (κ3) is 2.81. The van der Waals surface area contributed by atoms with Crippen LogP contribution in [0.4, 0.5) is 0 Å². The molecule has 22 heavy (non-hydrogen) atoms. The Morgan fingerprint density at radius 3 is 2.32 bits per heavy atom. The first-order valence-electron chi connectivity index (χ1n) is 8.18. The number of hydrogen-bond donors (Lipinski definition) is 0. The Balaban J connectivity index is 1.77. The Labute approximate surface area is 132 Å². The lowest BCUT2D eigenvalue weighted by Gasteiger charge is -2.35. The molecule has 1 aromatic rings. The second-order valence-corrected chi connectivity index (χ2v) is 6.58.